The summed E-state index contributed by atoms with van der Waals surface area (Å²) < 4.78 is 4.96. The number of rotatable bonds is 4. The van der Waals surface area contributed by atoms with Crippen LogP contribution in [0.4, 0.5) is 0 Å². The lowest BCUT2D eigenvalue weighted by Gasteiger charge is -2.29. The maximum atomic E-state index is 12.0. The first-order chi connectivity index (χ1) is 8.70. The van der Waals surface area contributed by atoms with Gasteiger partial charge < -0.3 is 9.64 Å². The van der Waals surface area contributed by atoms with Gasteiger partial charge in [-0.3, -0.25) is 4.79 Å². The molecule has 1 atom stereocenters. The normalized spacial score (nSPS) is 18.6. The Kier molecular flexibility index (Phi) is 4.78. The molecule has 2 heterocycles. The molecule has 0 saturated carbocycles. The van der Waals surface area contributed by atoms with Crippen LogP contribution >= 0.6 is 11.3 Å². The number of hydrogen-bond acceptors (Lipinski definition) is 4. The molecule has 3 nitrogen and oxygen atoms in total. The maximum absolute atomic E-state index is 12.0. The average Bonchev–Trinajstić information content (AvgIpc) is 2.83. The Morgan fingerprint density at radius 1 is 1.39 bits per heavy atom. The van der Waals surface area contributed by atoms with Gasteiger partial charge in [-0.15, -0.1) is 11.3 Å². The van der Waals surface area contributed by atoms with Gasteiger partial charge >= 0.3 is 5.97 Å². The number of hydrogen-bond donors (Lipinski definition) is 0. The minimum absolute atomic E-state index is 0.109. The first-order valence-corrected chi connectivity index (χ1v) is 7.39. The van der Waals surface area contributed by atoms with Crippen LogP contribution in [-0.4, -0.2) is 37.6 Å². The molecule has 4 heteroatoms. The fraction of sp³-hybridized carbons (Fsp3) is 0.643. The van der Waals surface area contributed by atoms with Gasteiger partial charge in [0.15, 0.2) is 0 Å². The molecule has 1 aliphatic heterocycles. The van der Waals surface area contributed by atoms with Gasteiger partial charge in [-0.25, -0.2) is 0 Å². The molecule has 18 heavy (non-hydrogen) atoms. The van der Waals surface area contributed by atoms with Crippen LogP contribution in [-0.2, 0) is 9.53 Å². The zero-order valence-electron chi connectivity index (χ0n) is 11.1. The predicted molar refractivity (Wildman–Crippen MR) is 74.1 cm³/mol. The molecule has 0 bridgehead atoms. The van der Waals surface area contributed by atoms with Crippen molar-refractivity contribution in [1.82, 2.24) is 4.90 Å². The molecular weight excluding hydrogens is 246 g/mol. The van der Waals surface area contributed by atoms with E-state index in [0.29, 0.717) is 0 Å². The highest BCUT2D eigenvalue weighted by atomic mass is 32.1. The van der Waals surface area contributed by atoms with Crippen LogP contribution in [0.15, 0.2) is 12.1 Å². The van der Waals surface area contributed by atoms with E-state index >= 15 is 0 Å². The molecule has 0 spiro atoms. The molecule has 100 valence electrons. The van der Waals surface area contributed by atoms with Crippen LogP contribution in [0.25, 0.3) is 0 Å². The number of carbonyl (C=O) groups is 1. The molecular formula is C14H21NO2S. The van der Waals surface area contributed by atoms with Gasteiger partial charge in [-0.1, -0.05) is 6.42 Å². The van der Waals surface area contributed by atoms with Gasteiger partial charge in [0.25, 0.3) is 0 Å². The Balaban J connectivity index is 2.07. The van der Waals surface area contributed by atoms with E-state index in [4.69, 9.17) is 4.74 Å². The maximum Gasteiger partial charge on any atom is 0.315 e. The van der Waals surface area contributed by atoms with E-state index in [-0.39, 0.29) is 11.9 Å². The highest BCUT2D eigenvalue weighted by molar-refractivity contribution is 7.12. The van der Waals surface area contributed by atoms with Crippen molar-refractivity contribution in [3.63, 3.8) is 0 Å². The summed E-state index contributed by atoms with van der Waals surface area (Å²) in [4.78, 5) is 16.7. The highest BCUT2D eigenvalue weighted by Gasteiger charge is 2.26. The Hall–Kier alpha value is -0.870. The number of carbonyl (C=O) groups excluding carboxylic acids is 1. The summed E-state index contributed by atoms with van der Waals surface area (Å²) in [6, 6.07) is 4.14. The monoisotopic (exact) mass is 267 g/mol. The van der Waals surface area contributed by atoms with E-state index in [1.807, 2.05) is 0 Å². The number of nitrogens with zero attached hydrogens (tertiary/aromatic N) is 1. The molecule has 1 fully saturated rings. The first-order valence-electron chi connectivity index (χ1n) is 6.57. The van der Waals surface area contributed by atoms with Crippen molar-refractivity contribution in [2.24, 2.45) is 0 Å². The quantitative estimate of drug-likeness (QED) is 0.786. The molecule has 0 amide bonds. The summed E-state index contributed by atoms with van der Waals surface area (Å²) in [6.45, 7) is 5.09. The molecule has 1 aromatic rings. The second kappa shape index (κ2) is 6.34. The number of thiophene rings is 1. The van der Waals surface area contributed by atoms with Gasteiger partial charge in [0.1, 0.15) is 5.92 Å². The molecule has 0 aliphatic carbocycles. The van der Waals surface area contributed by atoms with Crippen LogP contribution in [0.2, 0.25) is 0 Å². The number of methoxy groups -OCH3 is 1. The Morgan fingerprint density at radius 3 is 2.67 bits per heavy atom. The molecule has 2 rings (SSSR count). The van der Waals surface area contributed by atoms with Crippen molar-refractivity contribution in [1.29, 1.82) is 0 Å². The van der Waals surface area contributed by atoms with E-state index in [1.165, 1.54) is 31.2 Å². The van der Waals surface area contributed by atoms with E-state index in [0.717, 1.165) is 24.5 Å². The number of esters is 1. The van der Waals surface area contributed by atoms with Crippen molar-refractivity contribution in [2.45, 2.75) is 32.1 Å². The van der Waals surface area contributed by atoms with Crippen molar-refractivity contribution in [2.75, 3.05) is 26.7 Å². The van der Waals surface area contributed by atoms with E-state index in [2.05, 4.69) is 24.0 Å². The lowest BCUT2D eigenvalue weighted by atomic mass is 10.0. The highest BCUT2D eigenvalue weighted by Crippen LogP contribution is 2.27. The number of likely N-dealkylation sites (tertiary alicyclic amines) is 1. The third-order valence-corrected chi connectivity index (χ3v) is 4.59. The van der Waals surface area contributed by atoms with Gasteiger partial charge in [-0.2, -0.15) is 0 Å². The standard InChI is InChI=1S/C14H21NO2S/c1-11-6-7-13(18-11)12(14(16)17-2)10-15-8-4-3-5-9-15/h6-7,12H,3-5,8-10H2,1-2H3. The Bertz CT molecular complexity index is 396. The summed E-state index contributed by atoms with van der Waals surface area (Å²) in [5.41, 5.74) is 0. The Morgan fingerprint density at radius 2 is 2.11 bits per heavy atom. The van der Waals surface area contributed by atoms with Gasteiger partial charge in [0, 0.05) is 16.3 Å². The smallest absolute Gasteiger partial charge is 0.315 e. The number of piperidine rings is 1. The van der Waals surface area contributed by atoms with Gasteiger partial charge in [0.2, 0.25) is 0 Å². The molecule has 1 unspecified atom stereocenters. The van der Waals surface area contributed by atoms with E-state index in [1.54, 1.807) is 11.3 Å². The summed E-state index contributed by atoms with van der Waals surface area (Å²) in [5.74, 6) is -0.228. The zero-order chi connectivity index (χ0) is 13.0. The molecule has 0 aromatic carbocycles. The van der Waals surface area contributed by atoms with E-state index < -0.39 is 0 Å². The minimum Gasteiger partial charge on any atom is -0.468 e. The van der Waals surface area contributed by atoms with E-state index in [9.17, 15) is 4.79 Å². The van der Waals surface area contributed by atoms with Crippen molar-refractivity contribution < 1.29 is 9.53 Å². The predicted octanol–water partition coefficient (Wildman–Crippen LogP) is 2.80. The lowest BCUT2D eigenvalue weighted by Crippen LogP contribution is -2.35. The number of ether oxygens (including phenoxy) is 1. The fourth-order valence-electron chi connectivity index (χ4n) is 2.46. The average molecular weight is 267 g/mol. The largest absolute Gasteiger partial charge is 0.468 e. The molecule has 0 N–H and O–H groups in total. The molecule has 1 saturated heterocycles. The zero-order valence-corrected chi connectivity index (χ0v) is 12.0. The minimum atomic E-state index is -0.119. The first kappa shape index (κ1) is 13.6. The number of aryl methyl sites for hydroxylation is 1. The fourth-order valence-corrected chi connectivity index (χ4v) is 3.42. The van der Waals surface area contributed by atoms with Crippen molar-refractivity contribution >= 4 is 17.3 Å². The van der Waals surface area contributed by atoms with Crippen LogP contribution in [0, 0.1) is 6.92 Å². The second-order valence-electron chi connectivity index (χ2n) is 4.89. The van der Waals surface area contributed by atoms with Crippen LogP contribution in [0.3, 0.4) is 0 Å². The van der Waals surface area contributed by atoms with Crippen LogP contribution < -0.4 is 0 Å². The lowest BCUT2D eigenvalue weighted by molar-refractivity contribution is -0.142. The summed E-state index contributed by atoms with van der Waals surface area (Å²) in [5, 5.41) is 0. The summed E-state index contributed by atoms with van der Waals surface area (Å²) >= 11 is 1.70. The SMILES string of the molecule is COC(=O)C(CN1CCCCC1)c1ccc(C)s1. The third-order valence-electron chi connectivity index (χ3n) is 3.48. The Labute approximate surface area is 113 Å². The summed E-state index contributed by atoms with van der Waals surface area (Å²) in [6.07, 6.45) is 3.81. The van der Waals surface area contributed by atoms with Gasteiger partial charge in [-0.05, 0) is 45.0 Å². The molecule has 1 aromatic heterocycles. The third kappa shape index (κ3) is 3.33. The van der Waals surface area contributed by atoms with Crippen molar-refractivity contribution in [3.8, 4) is 0 Å². The second-order valence-corrected chi connectivity index (χ2v) is 6.20. The van der Waals surface area contributed by atoms with Crippen LogP contribution in [0.5, 0.6) is 0 Å². The summed E-state index contributed by atoms with van der Waals surface area (Å²) in [7, 11) is 1.48. The topological polar surface area (TPSA) is 29.5 Å². The molecule has 1 aliphatic rings. The van der Waals surface area contributed by atoms with Crippen LogP contribution in [0.1, 0.15) is 34.9 Å². The van der Waals surface area contributed by atoms with Crippen molar-refractivity contribution in [3.05, 3.63) is 21.9 Å². The van der Waals surface area contributed by atoms with Gasteiger partial charge in [0.05, 0.1) is 7.11 Å². The molecule has 0 radical (unpaired) electrons.